The molecule has 3 aliphatic rings. The van der Waals surface area contributed by atoms with Gasteiger partial charge in [0.15, 0.2) is 6.29 Å². The SMILES string of the molecule is CC1(C)OC[C@@H]2[C@H]1CC(=O)[C@@H]2COC1CCCCO1. The van der Waals surface area contributed by atoms with Gasteiger partial charge in [-0.05, 0) is 33.1 Å². The molecule has 3 rings (SSSR count). The van der Waals surface area contributed by atoms with Crippen molar-refractivity contribution >= 4 is 5.78 Å². The van der Waals surface area contributed by atoms with Crippen LogP contribution in [0.5, 0.6) is 0 Å². The van der Waals surface area contributed by atoms with Gasteiger partial charge >= 0.3 is 0 Å². The number of carbonyl (C=O) groups excluding carboxylic acids is 1. The smallest absolute Gasteiger partial charge is 0.157 e. The van der Waals surface area contributed by atoms with Crippen molar-refractivity contribution < 1.29 is 19.0 Å². The Kier molecular flexibility index (Phi) is 3.67. The molecule has 1 unspecified atom stereocenters. The number of Topliss-reactive ketones (excluding diaryl/α,β-unsaturated/α-hetero) is 1. The number of hydrogen-bond acceptors (Lipinski definition) is 4. The average Bonchev–Trinajstić information content (AvgIpc) is 2.86. The fraction of sp³-hybridized carbons (Fsp3) is 0.933. The van der Waals surface area contributed by atoms with Gasteiger partial charge in [-0.15, -0.1) is 0 Å². The van der Waals surface area contributed by atoms with Gasteiger partial charge in [0.1, 0.15) is 5.78 Å². The Morgan fingerprint density at radius 1 is 1.37 bits per heavy atom. The normalized spacial score (nSPS) is 41.5. The van der Waals surface area contributed by atoms with Crippen LogP contribution in [0, 0.1) is 17.8 Å². The zero-order valence-electron chi connectivity index (χ0n) is 11.9. The van der Waals surface area contributed by atoms with Crippen LogP contribution < -0.4 is 0 Å². The molecule has 0 bridgehead atoms. The average molecular weight is 268 g/mol. The lowest BCUT2D eigenvalue weighted by Crippen LogP contribution is -2.30. The van der Waals surface area contributed by atoms with E-state index in [2.05, 4.69) is 13.8 Å². The van der Waals surface area contributed by atoms with Crippen molar-refractivity contribution in [1.29, 1.82) is 0 Å². The molecular weight excluding hydrogens is 244 g/mol. The maximum atomic E-state index is 12.2. The zero-order chi connectivity index (χ0) is 13.5. The molecule has 2 heterocycles. The molecule has 0 aromatic carbocycles. The van der Waals surface area contributed by atoms with Crippen LogP contribution in [0.2, 0.25) is 0 Å². The number of rotatable bonds is 3. The molecule has 4 heteroatoms. The van der Waals surface area contributed by atoms with E-state index in [9.17, 15) is 4.79 Å². The first-order valence-electron chi connectivity index (χ1n) is 7.48. The summed E-state index contributed by atoms with van der Waals surface area (Å²) in [5.41, 5.74) is -0.156. The van der Waals surface area contributed by atoms with E-state index in [1.165, 1.54) is 0 Å². The van der Waals surface area contributed by atoms with Gasteiger partial charge in [0.05, 0.1) is 18.8 Å². The van der Waals surface area contributed by atoms with Crippen LogP contribution in [-0.2, 0) is 19.0 Å². The molecule has 0 spiro atoms. The lowest BCUT2D eigenvalue weighted by atomic mass is 9.83. The van der Waals surface area contributed by atoms with E-state index in [0.29, 0.717) is 37.3 Å². The van der Waals surface area contributed by atoms with Gasteiger partial charge < -0.3 is 14.2 Å². The van der Waals surface area contributed by atoms with Gasteiger partial charge in [0.2, 0.25) is 0 Å². The second-order valence-corrected chi connectivity index (χ2v) is 6.59. The summed E-state index contributed by atoms with van der Waals surface area (Å²) in [6.45, 7) is 6.18. The topological polar surface area (TPSA) is 44.8 Å². The molecule has 2 saturated heterocycles. The monoisotopic (exact) mass is 268 g/mol. The molecule has 0 aromatic rings. The van der Waals surface area contributed by atoms with E-state index >= 15 is 0 Å². The summed E-state index contributed by atoms with van der Waals surface area (Å²) in [6, 6.07) is 0. The minimum Gasteiger partial charge on any atom is -0.375 e. The van der Waals surface area contributed by atoms with Crippen molar-refractivity contribution in [3.05, 3.63) is 0 Å². The molecule has 3 fully saturated rings. The zero-order valence-corrected chi connectivity index (χ0v) is 11.9. The van der Waals surface area contributed by atoms with Gasteiger partial charge in [-0.3, -0.25) is 4.79 Å². The van der Waals surface area contributed by atoms with Gasteiger partial charge in [0.25, 0.3) is 0 Å². The molecule has 108 valence electrons. The molecule has 0 aromatic heterocycles. The Bertz CT molecular complexity index is 346. The summed E-state index contributed by atoms with van der Waals surface area (Å²) in [5.74, 6) is 1.06. The number of hydrogen-bond donors (Lipinski definition) is 0. The molecule has 4 nitrogen and oxygen atoms in total. The van der Waals surface area contributed by atoms with Crippen LogP contribution >= 0.6 is 0 Å². The van der Waals surface area contributed by atoms with Gasteiger partial charge in [0, 0.05) is 30.8 Å². The van der Waals surface area contributed by atoms with E-state index in [0.717, 1.165) is 25.9 Å². The number of ketones is 1. The van der Waals surface area contributed by atoms with Crippen molar-refractivity contribution in [3.63, 3.8) is 0 Å². The minimum absolute atomic E-state index is 0.0114. The third kappa shape index (κ3) is 2.58. The second kappa shape index (κ2) is 5.15. The van der Waals surface area contributed by atoms with Gasteiger partial charge in [-0.2, -0.15) is 0 Å². The lowest BCUT2D eigenvalue weighted by Gasteiger charge is -2.25. The molecule has 19 heavy (non-hydrogen) atoms. The summed E-state index contributed by atoms with van der Waals surface area (Å²) in [5, 5.41) is 0. The Balaban J connectivity index is 1.57. The highest BCUT2D eigenvalue weighted by Gasteiger charge is 2.53. The van der Waals surface area contributed by atoms with E-state index in [4.69, 9.17) is 14.2 Å². The minimum atomic E-state index is -0.156. The van der Waals surface area contributed by atoms with Gasteiger partial charge in [-0.1, -0.05) is 0 Å². The molecule has 4 atom stereocenters. The van der Waals surface area contributed by atoms with Crippen LogP contribution in [0.25, 0.3) is 0 Å². The maximum absolute atomic E-state index is 12.2. The predicted molar refractivity (Wildman–Crippen MR) is 69.7 cm³/mol. The Morgan fingerprint density at radius 3 is 2.95 bits per heavy atom. The Morgan fingerprint density at radius 2 is 2.21 bits per heavy atom. The summed E-state index contributed by atoms with van der Waals surface area (Å²) >= 11 is 0. The molecule has 0 radical (unpaired) electrons. The van der Waals surface area contributed by atoms with E-state index < -0.39 is 0 Å². The molecule has 0 N–H and O–H groups in total. The lowest BCUT2D eigenvalue weighted by molar-refractivity contribution is -0.172. The quantitative estimate of drug-likeness (QED) is 0.787. The van der Waals surface area contributed by atoms with Crippen LogP contribution in [0.15, 0.2) is 0 Å². The van der Waals surface area contributed by atoms with E-state index in [1.54, 1.807) is 0 Å². The third-order valence-corrected chi connectivity index (χ3v) is 5.01. The second-order valence-electron chi connectivity index (χ2n) is 6.59. The van der Waals surface area contributed by atoms with E-state index in [1.807, 2.05) is 0 Å². The van der Waals surface area contributed by atoms with E-state index in [-0.39, 0.29) is 17.8 Å². The van der Waals surface area contributed by atoms with Crippen LogP contribution in [0.3, 0.4) is 0 Å². The standard InChI is InChI=1S/C15H24O4/c1-15(2)12-7-13(16)11(10(12)9-19-15)8-18-14-5-3-4-6-17-14/h10-12,14H,3-9H2,1-2H3/t10-,11+,12+,14?/m0/s1. The first kappa shape index (κ1) is 13.5. The summed E-state index contributed by atoms with van der Waals surface area (Å²) < 4.78 is 17.2. The molecule has 1 saturated carbocycles. The van der Waals surface area contributed by atoms with Gasteiger partial charge in [-0.25, -0.2) is 0 Å². The van der Waals surface area contributed by atoms with Crippen molar-refractivity contribution in [2.24, 2.45) is 17.8 Å². The maximum Gasteiger partial charge on any atom is 0.157 e. The number of ether oxygens (including phenoxy) is 3. The Labute approximate surface area is 114 Å². The summed E-state index contributed by atoms with van der Waals surface area (Å²) in [6.07, 6.45) is 3.78. The largest absolute Gasteiger partial charge is 0.375 e. The molecular formula is C15H24O4. The highest BCUT2D eigenvalue weighted by Crippen LogP contribution is 2.47. The predicted octanol–water partition coefficient (Wildman–Crippen LogP) is 2.16. The molecule has 2 aliphatic heterocycles. The van der Waals surface area contributed by atoms with Crippen molar-refractivity contribution in [1.82, 2.24) is 0 Å². The first-order valence-corrected chi connectivity index (χ1v) is 7.48. The summed E-state index contributed by atoms with van der Waals surface area (Å²) in [4.78, 5) is 12.2. The number of carbonyl (C=O) groups is 1. The molecule has 0 amide bonds. The van der Waals surface area contributed by atoms with Crippen LogP contribution in [-0.4, -0.2) is 37.5 Å². The van der Waals surface area contributed by atoms with Crippen molar-refractivity contribution in [2.45, 2.75) is 51.4 Å². The highest BCUT2D eigenvalue weighted by atomic mass is 16.7. The third-order valence-electron chi connectivity index (χ3n) is 5.01. The highest BCUT2D eigenvalue weighted by molar-refractivity contribution is 5.84. The molecule has 1 aliphatic carbocycles. The fourth-order valence-corrected chi connectivity index (χ4v) is 3.72. The van der Waals surface area contributed by atoms with Crippen molar-refractivity contribution in [2.75, 3.05) is 19.8 Å². The van der Waals surface area contributed by atoms with Crippen LogP contribution in [0.1, 0.15) is 39.5 Å². The Hall–Kier alpha value is -0.450. The first-order chi connectivity index (χ1) is 9.08. The van der Waals surface area contributed by atoms with Crippen LogP contribution in [0.4, 0.5) is 0 Å². The summed E-state index contributed by atoms with van der Waals surface area (Å²) in [7, 11) is 0. The van der Waals surface area contributed by atoms with Crippen molar-refractivity contribution in [3.8, 4) is 0 Å². The number of fused-ring (bicyclic) bond motifs is 1. The fourth-order valence-electron chi connectivity index (χ4n) is 3.72.